The zero-order valence-electron chi connectivity index (χ0n) is 11.8. The molecular weight excluding hydrogens is 308 g/mol. The minimum atomic E-state index is -1.33. The van der Waals surface area contributed by atoms with Crippen LogP contribution in [0.1, 0.15) is 9.75 Å². The van der Waals surface area contributed by atoms with Crippen molar-refractivity contribution in [1.82, 2.24) is 0 Å². The third kappa shape index (κ3) is 3.33. The van der Waals surface area contributed by atoms with Crippen LogP contribution in [0.3, 0.4) is 0 Å². The maximum absolute atomic E-state index is 12.4. The summed E-state index contributed by atoms with van der Waals surface area (Å²) < 4.78 is 9.81. The summed E-state index contributed by atoms with van der Waals surface area (Å²) in [4.78, 5) is 26.6. The van der Waals surface area contributed by atoms with E-state index in [1.165, 1.54) is 36.9 Å². The molecule has 0 aliphatic carbocycles. The quantitative estimate of drug-likeness (QED) is 0.605. The van der Waals surface area contributed by atoms with E-state index in [0.717, 1.165) is 9.75 Å². The minimum Gasteiger partial charge on any atom is -0.468 e. The van der Waals surface area contributed by atoms with Gasteiger partial charge in [0.1, 0.15) is 0 Å². The Labute approximate surface area is 131 Å². The van der Waals surface area contributed by atoms with E-state index in [0.29, 0.717) is 0 Å². The van der Waals surface area contributed by atoms with Crippen molar-refractivity contribution in [3.63, 3.8) is 0 Å². The van der Waals surface area contributed by atoms with Gasteiger partial charge < -0.3 is 9.47 Å². The highest BCUT2D eigenvalue weighted by Gasteiger charge is 2.49. The van der Waals surface area contributed by atoms with Gasteiger partial charge in [0.25, 0.3) is 0 Å². The van der Waals surface area contributed by atoms with E-state index < -0.39 is 17.4 Å². The monoisotopic (exact) mass is 324 g/mol. The van der Waals surface area contributed by atoms with Crippen LogP contribution in [-0.2, 0) is 31.9 Å². The molecule has 6 heteroatoms. The number of esters is 2. The average molecular weight is 324 g/mol. The Kier molecular flexibility index (Phi) is 5.14. The first kappa shape index (κ1) is 15.7. The molecule has 0 saturated heterocycles. The molecule has 0 saturated carbocycles. The molecule has 0 spiro atoms. The molecule has 0 aliphatic rings. The third-order valence-electron chi connectivity index (χ3n) is 3.26. The van der Waals surface area contributed by atoms with Gasteiger partial charge in [0.15, 0.2) is 5.41 Å². The largest absolute Gasteiger partial charge is 0.468 e. The standard InChI is InChI=1S/C15H16O4S2/c1-18-13(16)15(14(17)19-2,9-11-5-3-7-20-11)10-12-6-4-8-21-12/h3-8H,9-10H2,1-2H3. The van der Waals surface area contributed by atoms with Crippen molar-refractivity contribution >= 4 is 34.6 Å². The summed E-state index contributed by atoms with van der Waals surface area (Å²) >= 11 is 3.01. The number of hydrogen-bond donors (Lipinski definition) is 0. The predicted octanol–water partition coefficient (Wildman–Crippen LogP) is 2.93. The van der Waals surface area contributed by atoms with Crippen LogP contribution in [0.2, 0.25) is 0 Å². The first-order chi connectivity index (χ1) is 10.1. The van der Waals surface area contributed by atoms with Crippen molar-refractivity contribution < 1.29 is 19.1 Å². The number of carbonyl (C=O) groups is 2. The normalized spacial score (nSPS) is 11.1. The Balaban J connectivity index is 2.41. The van der Waals surface area contributed by atoms with E-state index in [9.17, 15) is 9.59 Å². The maximum Gasteiger partial charge on any atom is 0.323 e. The molecule has 0 bridgehead atoms. The van der Waals surface area contributed by atoms with Crippen LogP contribution in [0.4, 0.5) is 0 Å². The van der Waals surface area contributed by atoms with Crippen molar-refractivity contribution in [2.75, 3.05) is 14.2 Å². The van der Waals surface area contributed by atoms with Crippen LogP contribution in [0, 0.1) is 5.41 Å². The molecule has 0 atom stereocenters. The highest BCUT2D eigenvalue weighted by molar-refractivity contribution is 7.10. The molecule has 0 fully saturated rings. The average Bonchev–Trinajstić information content (AvgIpc) is 3.18. The van der Waals surface area contributed by atoms with Crippen LogP contribution in [0.5, 0.6) is 0 Å². The Morgan fingerprint density at radius 1 is 0.952 bits per heavy atom. The second-order valence-electron chi connectivity index (χ2n) is 4.58. The van der Waals surface area contributed by atoms with Crippen LogP contribution >= 0.6 is 22.7 Å². The van der Waals surface area contributed by atoms with Gasteiger partial charge in [-0.15, -0.1) is 22.7 Å². The second kappa shape index (κ2) is 6.87. The number of thiophene rings is 2. The summed E-state index contributed by atoms with van der Waals surface area (Å²) in [6.45, 7) is 0. The molecule has 21 heavy (non-hydrogen) atoms. The lowest BCUT2D eigenvalue weighted by Gasteiger charge is -2.27. The Morgan fingerprint density at radius 3 is 1.67 bits per heavy atom. The molecule has 0 unspecified atom stereocenters. The summed E-state index contributed by atoms with van der Waals surface area (Å²) in [7, 11) is 2.59. The summed E-state index contributed by atoms with van der Waals surface area (Å²) in [5, 5.41) is 3.83. The SMILES string of the molecule is COC(=O)C(Cc1cccs1)(Cc1cccs1)C(=O)OC. The zero-order chi connectivity index (χ0) is 15.3. The Morgan fingerprint density at radius 2 is 1.38 bits per heavy atom. The fraction of sp³-hybridized carbons (Fsp3) is 0.333. The molecule has 112 valence electrons. The lowest BCUT2D eigenvalue weighted by atomic mass is 9.80. The smallest absolute Gasteiger partial charge is 0.323 e. The second-order valence-corrected chi connectivity index (χ2v) is 6.64. The van der Waals surface area contributed by atoms with E-state index in [1.807, 2.05) is 35.0 Å². The number of methoxy groups -OCH3 is 2. The van der Waals surface area contributed by atoms with Gasteiger partial charge in [-0.05, 0) is 22.9 Å². The first-order valence-electron chi connectivity index (χ1n) is 6.34. The Hall–Kier alpha value is -1.66. The molecule has 2 rings (SSSR count). The minimum absolute atomic E-state index is 0.280. The van der Waals surface area contributed by atoms with Gasteiger partial charge >= 0.3 is 11.9 Å². The van der Waals surface area contributed by atoms with Gasteiger partial charge in [0.05, 0.1) is 14.2 Å². The van der Waals surface area contributed by atoms with Crippen LogP contribution in [0.15, 0.2) is 35.0 Å². The zero-order valence-corrected chi connectivity index (χ0v) is 13.5. The van der Waals surface area contributed by atoms with E-state index in [2.05, 4.69) is 0 Å². The topological polar surface area (TPSA) is 52.6 Å². The van der Waals surface area contributed by atoms with Gasteiger partial charge in [-0.3, -0.25) is 9.59 Å². The van der Waals surface area contributed by atoms with Crippen LogP contribution < -0.4 is 0 Å². The van der Waals surface area contributed by atoms with Crippen LogP contribution in [0.25, 0.3) is 0 Å². The number of carbonyl (C=O) groups excluding carboxylic acids is 2. The summed E-state index contributed by atoms with van der Waals surface area (Å²) in [6.07, 6.45) is 0.559. The number of hydrogen-bond acceptors (Lipinski definition) is 6. The van der Waals surface area contributed by atoms with E-state index in [-0.39, 0.29) is 12.8 Å². The number of ether oxygens (including phenoxy) is 2. The van der Waals surface area contributed by atoms with Crippen molar-refractivity contribution in [3.05, 3.63) is 44.8 Å². The predicted molar refractivity (Wildman–Crippen MR) is 82.5 cm³/mol. The first-order valence-corrected chi connectivity index (χ1v) is 8.10. The molecule has 0 aliphatic heterocycles. The van der Waals surface area contributed by atoms with E-state index in [4.69, 9.17) is 9.47 Å². The third-order valence-corrected chi connectivity index (χ3v) is 5.02. The van der Waals surface area contributed by atoms with Crippen molar-refractivity contribution in [1.29, 1.82) is 0 Å². The molecule has 2 aromatic heterocycles. The van der Waals surface area contributed by atoms with Gasteiger partial charge in [-0.1, -0.05) is 12.1 Å². The highest BCUT2D eigenvalue weighted by Crippen LogP contribution is 2.34. The van der Waals surface area contributed by atoms with Gasteiger partial charge in [-0.2, -0.15) is 0 Å². The van der Waals surface area contributed by atoms with Gasteiger partial charge in [-0.25, -0.2) is 0 Å². The van der Waals surface area contributed by atoms with Crippen molar-refractivity contribution in [2.45, 2.75) is 12.8 Å². The molecule has 0 N–H and O–H groups in total. The van der Waals surface area contributed by atoms with Gasteiger partial charge in [0.2, 0.25) is 0 Å². The van der Waals surface area contributed by atoms with Gasteiger partial charge in [0, 0.05) is 22.6 Å². The summed E-state index contributed by atoms with van der Waals surface area (Å²) in [5.41, 5.74) is -1.33. The molecule has 0 amide bonds. The molecular formula is C15H16O4S2. The fourth-order valence-electron chi connectivity index (χ4n) is 2.25. The highest BCUT2D eigenvalue weighted by atomic mass is 32.1. The fourth-order valence-corrected chi connectivity index (χ4v) is 3.88. The van der Waals surface area contributed by atoms with Crippen molar-refractivity contribution in [3.8, 4) is 0 Å². The number of rotatable bonds is 6. The molecule has 0 radical (unpaired) electrons. The lowest BCUT2D eigenvalue weighted by Crippen LogP contribution is -2.44. The van der Waals surface area contributed by atoms with E-state index in [1.54, 1.807) is 0 Å². The van der Waals surface area contributed by atoms with E-state index >= 15 is 0 Å². The van der Waals surface area contributed by atoms with Crippen molar-refractivity contribution in [2.24, 2.45) is 5.41 Å². The Bertz CT molecular complexity index is 533. The molecule has 2 heterocycles. The maximum atomic E-state index is 12.4. The summed E-state index contributed by atoms with van der Waals surface area (Å²) in [5.74, 6) is -1.12. The summed E-state index contributed by atoms with van der Waals surface area (Å²) in [6, 6.07) is 7.59. The van der Waals surface area contributed by atoms with Crippen LogP contribution in [-0.4, -0.2) is 26.2 Å². The molecule has 2 aromatic rings. The lowest BCUT2D eigenvalue weighted by molar-refractivity contribution is -0.169. The molecule has 4 nitrogen and oxygen atoms in total. The molecule has 0 aromatic carbocycles.